The number of hydrogen-bond donors (Lipinski definition) is 4. The lowest BCUT2D eigenvalue weighted by molar-refractivity contribution is -0.145. The summed E-state index contributed by atoms with van der Waals surface area (Å²) in [7, 11) is -5.74. The minimum absolute atomic E-state index is 0.113. The van der Waals surface area contributed by atoms with Crippen molar-refractivity contribution in [1.29, 1.82) is 0 Å². The number of carbonyl (C=O) groups is 4. The molecule has 14 heteroatoms. The second kappa shape index (κ2) is 14.2. The molecule has 11 nitrogen and oxygen atoms in total. The van der Waals surface area contributed by atoms with Crippen molar-refractivity contribution in [2.24, 2.45) is 0 Å². The molecule has 48 heavy (non-hydrogen) atoms. The number of hydrogen-bond acceptors (Lipinski definition) is 5. The van der Waals surface area contributed by atoms with E-state index < -0.39 is 42.7 Å². The highest BCUT2D eigenvalue weighted by Crippen LogP contribution is 2.59. The van der Waals surface area contributed by atoms with E-state index in [0.29, 0.717) is 31.5 Å². The summed E-state index contributed by atoms with van der Waals surface area (Å²) in [5.74, 6) is -1.85. The first-order valence-corrected chi connectivity index (χ1v) is 16.9. The van der Waals surface area contributed by atoms with Crippen molar-refractivity contribution >= 4 is 43.0 Å². The molecule has 4 amide bonds. The Morgan fingerprint density at radius 2 is 1.56 bits per heavy atom. The van der Waals surface area contributed by atoms with Crippen LogP contribution in [0, 0.1) is 0 Å². The van der Waals surface area contributed by atoms with E-state index >= 15 is 0 Å². The highest BCUT2D eigenvalue weighted by atomic mass is 31.2. The van der Waals surface area contributed by atoms with E-state index in [-0.39, 0.29) is 30.0 Å². The van der Waals surface area contributed by atoms with Crippen LogP contribution in [0.2, 0.25) is 0 Å². The molecule has 0 bridgehead atoms. The van der Waals surface area contributed by atoms with E-state index in [1.54, 1.807) is 12.1 Å². The summed E-state index contributed by atoms with van der Waals surface area (Å²) in [6.07, 6.45) is 3.77. The highest BCUT2D eigenvalue weighted by Gasteiger charge is 2.50. The lowest BCUT2D eigenvalue weighted by Crippen LogP contribution is -2.60. The van der Waals surface area contributed by atoms with Gasteiger partial charge in [-0.2, -0.15) is 8.78 Å². The second-order valence-electron chi connectivity index (χ2n) is 11.8. The number of fused-ring (bicyclic) bond motifs is 1. The predicted octanol–water partition coefficient (Wildman–Crippen LogP) is 4.33. The first-order valence-electron chi connectivity index (χ1n) is 15.3. The largest absolute Gasteiger partial charge is 0.399 e. The van der Waals surface area contributed by atoms with Gasteiger partial charge in [0.2, 0.25) is 23.6 Å². The normalized spacial score (nSPS) is 20.2. The van der Waals surface area contributed by atoms with E-state index in [0.717, 1.165) is 41.5 Å². The molecule has 2 fully saturated rings. The molecule has 5 rings (SSSR count). The zero-order valence-electron chi connectivity index (χ0n) is 26.0. The van der Waals surface area contributed by atoms with E-state index in [2.05, 4.69) is 10.6 Å². The molecule has 3 atom stereocenters. The van der Waals surface area contributed by atoms with Gasteiger partial charge in [-0.15, -0.1) is 0 Å². The third kappa shape index (κ3) is 7.70. The lowest BCUT2D eigenvalue weighted by Gasteiger charge is -2.38. The average Bonchev–Trinajstić information content (AvgIpc) is 3.48. The van der Waals surface area contributed by atoms with Gasteiger partial charge < -0.3 is 30.2 Å². The summed E-state index contributed by atoms with van der Waals surface area (Å²) >= 11 is 0. The SMILES string of the molecule is CC(=O)N1CC[C@H]2CC[C@@H](C(=O)Nc3ccc(-c4ccccc4)cc3)N2C(=O)C(NC(=O)/C=C/c2ccc(C(F)(F)P(=O)(O)O)cc2)C1. The molecule has 2 aliphatic heterocycles. The van der Waals surface area contributed by atoms with Crippen LogP contribution >= 0.6 is 7.60 Å². The van der Waals surface area contributed by atoms with Gasteiger partial charge in [0.1, 0.15) is 12.1 Å². The van der Waals surface area contributed by atoms with Gasteiger partial charge in [0.25, 0.3) is 0 Å². The third-order valence-electron chi connectivity index (χ3n) is 8.57. The summed E-state index contributed by atoms with van der Waals surface area (Å²) in [6, 6.07) is 18.9. The molecule has 252 valence electrons. The second-order valence-corrected chi connectivity index (χ2v) is 13.4. The molecule has 4 N–H and O–H groups in total. The zero-order chi connectivity index (χ0) is 34.6. The number of carbonyl (C=O) groups excluding carboxylic acids is 4. The third-order valence-corrected chi connectivity index (χ3v) is 9.56. The van der Waals surface area contributed by atoms with Gasteiger partial charge in [-0.3, -0.25) is 23.7 Å². The van der Waals surface area contributed by atoms with Crippen LogP contribution < -0.4 is 10.6 Å². The Hall–Kier alpha value is -4.71. The molecule has 2 aliphatic rings. The molecule has 0 saturated carbocycles. The highest BCUT2D eigenvalue weighted by molar-refractivity contribution is 7.52. The summed E-state index contributed by atoms with van der Waals surface area (Å²) in [5, 5.41) is 5.53. The van der Waals surface area contributed by atoms with Crippen molar-refractivity contribution in [1.82, 2.24) is 15.1 Å². The molecule has 3 aromatic carbocycles. The van der Waals surface area contributed by atoms with Crippen LogP contribution in [-0.4, -0.2) is 74.4 Å². The van der Waals surface area contributed by atoms with Gasteiger partial charge in [0, 0.05) is 43.4 Å². The number of alkyl halides is 2. The molecule has 3 aromatic rings. The van der Waals surface area contributed by atoms with Crippen LogP contribution in [0.25, 0.3) is 17.2 Å². The molecule has 0 radical (unpaired) electrons. The van der Waals surface area contributed by atoms with Crippen molar-refractivity contribution in [2.45, 2.75) is 50.0 Å². The minimum atomic E-state index is -5.74. The number of rotatable bonds is 8. The fourth-order valence-electron chi connectivity index (χ4n) is 5.98. The molecule has 0 aliphatic carbocycles. The Kier molecular flexibility index (Phi) is 10.2. The lowest BCUT2D eigenvalue weighted by atomic mass is 10.1. The van der Waals surface area contributed by atoms with Crippen LogP contribution in [0.4, 0.5) is 14.5 Å². The zero-order valence-corrected chi connectivity index (χ0v) is 26.9. The standard InChI is InChI=1S/C34H35F2N4O7P/c1-22(41)39-20-19-28-16-17-30(32(43)37-27-14-10-25(11-15-27)24-5-3-2-4-6-24)40(28)33(44)29(21-39)38-31(42)18-9-23-7-12-26(13-8-23)34(35,36)48(45,46)47/h2-15,18,28-30H,16-17,19-21H2,1H3,(H,37,43)(H,38,42)(H2,45,46,47)/b18-9+/t28-,29?,30+/m1/s1. The van der Waals surface area contributed by atoms with Crippen molar-refractivity contribution < 1.29 is 42.3 Å². The van der Waals surface area contributed by atoms with Crippen LogP contribution in [-0.2, 0) is 29.4 Å². The molecular weight excluding hydrogens is 645 g/mol. The van der Waals surface area contributed by atoms with Crippen molar-refractivity contribution in [3.63, 3.8) is 0 Å². The van der Waals surface area contributed by atoms with Crippen LogP contribution in [0.15, 0.2) is 84.9 Å². The van der Waals surface area contributed by atoms with Crippen molar-refractivity contribution in [3.05, 3.63) is 96.1 Å². The summed E-state index contributed by atoms with van der Waals surface area (Å²) in [6.45, 7) is 1.58. The summed E-state index contributed by atoms with van der Waals surface area (Å²) < 4.78 is 39.1. The van der Waals surface area contributed by atoms with Gasteiger partial charge in [-0.25, -0.2) is 0 Å². The Labute approximate surface area is 275 Å². The number of amides is 4. The quantitative estimate of drug-likeness (QED) is 0.204. The topological polar surface area (TPSA) is 156 Å². The Morgan fingerprint density at radius 3 is 2.19 bits per heavy atom. The Bertz CT molecular complexity index is 1750. The minimum Gasteiger partial charge on any atom is -0.340 e. The number of nitrogens with one attached hydrogen (secondary N) is 2. The number of halogens is 2. The number of nitrogens with zero attached hydrogens (tertiary/aromatic N) is 2. The van der Waals surface area contributed by atoms with E-state index in [1.807, 2.05) is 42.5 Å². The maximum atomic E-state index is 14.0. The van der Waals surface area contributed by atoms with Crippen molar-refractivity contribution in [2.75, 3.05) is 18.4 Å². The molecular formula is C34H35F2N4O7P. The number of benzene rings is 3. The first-order chi connectivity index (χ1) is 22.7. The maximum Gasteiger partial charge on any atom is 0.399 e. The molecule has 2 heterocycles. The fourth-order valence-corrected chi connectivity index (χ4v) is 6.47. The van der Waals surface area contributed by atoms with Gasteiger partial charge in [0.15, 0.2) is 0 Å². The van der Waals surface area contributed by atoms with E-state index in [1.165, 1.54) is 22.8 Å². The number of anilines is 1. The van der Waals surface area contributed by atoms with E-state index in [9.17, 15) is 32.5 Å². The average molecular weight is 681 g/mol. The smallest absolute Gasteiger partial charge is 0.340 e. The molecule has 1 unspecified atom stereocenters. The Balaban J connectivity index is 1.29. The van der Waals surface area contributed by atoms with E-state index in [4.69, 9.17) is 9.79 Å². The van der Waals surface area contributed by atoms with Crippen LogP contribution in [0.3, 0.4) is 0 Å². The van der Waals surface area contributed by atoms with Crippen LogP contribution in [0.1, 0.15) is 37.3 Å². The maximum absolute atomic E-state index is 14.0. The molecule has 0 aromatic heterocycles. The summed E-state index contributed by atoms with van der Waals surface area (Å²) in [4.78, 5) is 73.7. The molecule has 0 spiro atoms. The van der Waals surface area contributed by atoms with Crippen molar-refractivity contribution in [3.8, 4) is 11.1 Å². The van der Waals surface area contributed by atoms with Gasteiger partial charge in [0.05, 0.1) is 0 Å². The summed E-state index contributed by atoms with van der Waals surface area (Å²) in [5.41, 5.74) is -2.40. The van der Waals surface area contributed by atoms with Gasteiger partial charge >= 0.3 is 13.3 Å². The van der Waals surface area contributed by atoms with Crippen LogP contribution in [0.5, 0.6) is 0 Å². The predicted molar refractivity (Wildman–Crippen MR) is 174 cm³/mol. The first kappa shape index (κ1) is 34.6. The molecule has 2 saturated heterocycles. The fraction of sp³-hybridized carbons (Fsp3) is 0.294. The monoisotopic (exact) mass is 680 g/mol. The Morgan fingerprint density at radius 1 is 0.917 bits per heavy atom. The van der Waals surface area contributed by atoms with Gasteiger partial charge in [-0.1, -0.05) is 66.7 Å². The van der Waals surface area contributed by atoms with Gasteiger partial charge in [-0.05, 0) is 54.2 Å².